The molecule has 1 aliphatic rings. The third-order valence-corrected chi connectivity index (χ3v) is 7.56. The van der Waals surface area contributed by atoms with Crippen molar-refractivity contribution in [3.05, 3.63) is 66.2 Å². The first-order chi connectivity index (χ1) is 22.2. The molecule has 0 bridgehead atoms. The summed E-state index contributed by atoms with van der Waals surface area (Å²) in [5.41, 5.74) is 1.33. The summed E-state index contributed by atoms with van der Waals surface area (Å²) in [4.78, 5) is 40.9. The second kappa shape index (κ2) is 13.5. The number of pyridine rings is 1. The molecule has 5 rings (SSSR count). The molecule has 2 N–H and O–H groups in total. The Morgan fingerprint density at radius 1 is 1.00 bits per heavy atom. The molecule has 0 aliphatic carbocycles. The summed E-state index contributed by atoms with van der Waals surface area (Å²) in [7, 11) is 0. The van der Waals surface area contributed by atoms with Gasteiger partial charge in [-0.05, 0) is 81.8 Å². The van der Waals surface area contributed by atoms with E-state index in [1.807, 2.05) is 60.6 Å². The second-order valence-corrected chi connectivity index (χ2v) is 14.1. The SMILES string of the molecule is Cc1ccc2c(NC(=O)CC(C)(C)C)c(F)ccc2c1Oc1ncccc1-c1ccnc(NC2CCCN(C(=O)OC(C)(C)C)C2)n1. The van der Waals surface area contributed by atoms with Crippen LogP contribution in [-0.4, -0.2) is 56.6 Å². The predicted octanol–water partition coefficient (Wildman–Crippen LogP) is 8.12. The summed E-state index contributed by atoms with van der Waals surface area (Å²) in [6, 6.07) is 12.0. The number of rotatable bonds is 7. The molecule has 4 aromatic rings. The monoisotopic (exact) mass is 642 g/mol. The third-order valence-electron chi connectivity index (χ3n) is 7.56. The second-order valence-electron chi connectivity index (χ2n) is 14.1. The van der Waals surface area contributed by atoms with Crippen molar-refractivity contribution in [2.75, 3.05) is 23.7 Å². The number of amides is 2. The molecule has 1 unspecified atom stereocenters. The van der Waals surface area contributed by atoms with Gasteiger partial charge >= 0.3 is 6.09 Å². The zero-order chi connectivity index (χ0) is 33.9. The number of hydrogen-bond donors (Lipinski definition) is 2. The number of benzene rings is 2. The van der Waals surface area contributed by atoms with Crippen LogP contribution in [0.1, 0.15) is 66.4 Å². The first kappa shape index (κ1) is 33.6. The highest BCUT2D eigenvalue weighted by atomic mass is 19.1. The fraction of sp³-hybridized carbons (Fsp3) is 0.417. The van der Waals surface area contributed by atoms with Crippen molar-refractivity contribution in [2.45, 2.75) is 79.4 Å². The van der Waals surface area contributed by atoms with Crippen molar-refractivity contribution in [1.29, 1.82) is 0 Å². The summed E-state index contributed by atoms with van der Waals surface area (Å²) in [5, 5.41) is 7.31. The number of hydrogen-bond acceptors (Lipinski definition) is 8. The molecule has 2 aromatic heterocycles. The van der Waals surface area contributed by atoms with E-state index in [9.17, 15) is 9.59 Å². The number of nitrogens with one attached hydrogen (secondary N) is 2. The zero-order valence-electron chi connectivity index (χ0n) is 28.1. The number of aromatic nitrogens is 3. The minimum absolute atomic E-state index is 0.0482. The Morgan fingerprint density at radius 2 is 1.77 bits per heavy atom. The summed E-state index contributed by atoms with van der Waals surface area (Å²) >= 11 is 0. The van der Waals surface area contributed by atoms with Crippen molar-refractivity contribution in [2.24, 2.45) is 5.41 Å². The number of ether oxygens (including phenoxy) is 2. The van der Waals surface area contributed by atoms with E-state index in [0.29, 0.717) is 52.7 Å². The third kappa shape index (κ3) is 8.52. The summed E-state index contributed by atoms with van der Waals surface area (Å²) in [6.45, 7) is 14.4. The average molecular weight is 643 g/mol. The van der Waals surface area contributed by atoms with Gasteiger partial charge in [0.25, 0.3) is 0 Å². The van der Waals surface area contributed by atoms with Crippen LogP contribution >= 0.6 is 0 Å². The molecule has 2 aromatic carbocycles. The molecule has 1 fully saturated rings. The highest BCUT2D eigenvalue weighted by molar-refractivity contribution is 6.05. The highest BCUT2D eigenvalue weighted by Gasteiger charge is 2.28. The highest BCUT2D eigenvalue weighted by Crippen LogP contribution is 2.39. The number of halogens is 1. The standard InChI is InChI=1S/C36H43FN6O4/c1-22-12-13-24-25(14-15-27(37)30(24)42-29(44)20-35(2,3)4)31(22)46-32-26(11-8-17-38-32)28-16-18-39-33(41-28)40-23-10-9-19-43(21-23)34(45)47-36(5,6)7/h8,11-18,23H,9-10,19-21H2,1-7H3,(H,42,44)(H,39,40,41). The molecule has 1 saturated heterocycles. The molecule has 0 saturated carbocycles. The molecule has 11 heteroatoms. The summed E-state index contributed by atoms with van der Waals surface area (Å²) < 4.78 is 27.1. The van der Waals surface area contributed by atoms with Gasteiger partial charge in [-0.15, -0.1) is 0 Å². The van der Waals surface area contributed by atoms with Gasteiger partial charge in [-0.3, -0.25) is 4.79 Å². The number of piperidine rings is 1. The van der Waals surface area contributed by atoms with Crippen LogP contribution in [0.2, 0.25) is 0 Å². The Kier molecular flexibility index (Phi) is 9.65. The Bertz CT molecular complexity index is 1780. The van der Waals surface area contributed by atoms with Gasteiger partial charge in [0.15, 0.2) is 0 Å². The van der Waals surface area contributed by atoms with Crippen molar-refractivity contribution in [3.8, 4) is 22.9 Å². The number of carbonyl (C=O) groups excluding carboxylic acids is 2. The van der Waals surface area contributed by atoms with Gasteiger partial charge < -0.3 is 25.0 Å². The lowest BCUT2D eigenvalue weighted by Crippen LogP contribution is -2.47. The molecule has 1 atom stereocenters. The summed E-state index contributed by atoms with van der Waals surface area (Å²) in [5.74, 6) is 0.426. The number of fused-ring (bicyclic) bond motifs is 1. The number of likely N-dealkylation sites (tertiary alicyclic amines) is 1. The zero-order valence-corrected chi connectivity index (χ0v) is 28.1. The number of nitrogens with zero attached hydrogens (tertiary/aromatic N) is 4. The molecular weight excluding hydrogens is 599 g/mol. The van der Waals surface area contributed by atoms with E-state index in [1.165, 1.54) is 6.07 Å². The number of aryl methyl sites for hydroxylation is 1. The van der Waals surface area contributed by atoms with E-state index in [0.717, 1.165) is 18.4 Å². The quantitative estimate of drug-likeness (QED) is 0.208. The maximum atomic E-state index is 15.1. The Hall–Kier alpha value is -4.80. The molecule has 10 nitrogen and oxygen atoms in total. The van der Waals surface area contributed by atoms with Crippen LogP contribution in [0.25, 0.3) is 22.0 Å². The van der Waals surface area contributed by atoms with Gasteiger partial charge in [0.05, 0.1) is 16.9 Å². The van der Waals surface area contributed by atoms with Crippen LogP contribution in [0.3, 0.4) is 0 Å². The minimum atomic E-state index is -0.566. The van der Waals surface area contributed by atoms with Crippen LogP contribution < -0.4 is 15.4 Å². The molecule has 0 spiro atoms. The normalized spacial score (nSPS) is 15.3. The van der Waals surface area contributed by atoms with Gasteiger partial charge in [-0.1, -0.05) is 32.9 Å². The molecule has 3 heterocycles. The minimum Gasteiger partial charge on any atom is -0.444 e. The van der Waals surface area contributed by atoms with Crippen molar-refractivity contribution < 1.29 is 23.5 Å². The van der Waals surface area contributed by atoms with Gasteiger partial charge in [0.2, 0.25) is 17.7 Å². The fourth-order valence-electron chi connectivity index (χ4n) is 5.50. The van der Waals surface area contributed by atoms with Crippen LogP contribution in [0, 0.1) is 18.2 Å². The fourth-order valence-corrected chi connectivity index (χ4v) is 5.50. The van der Waals surface area contributed by atoms with Crippen LogP contribution in [0.4, 0.5) is 20.8 Å². The predicted molar refractivity (Wildman–Crippen MR) is 181 cm³/mol. The van der Waals surface area contributed by atoms with Crippen LogP contribution in [0.5, 0.6) is 11.6 Å². The lowest BCUT2D eigenvalue weighted by molar-refractivity contribution is -0.117. The van der Waals surface area contributed by atoms with E-state index < -0.39 is 11.4 Å². The first-order valence-corrected chi connectivity index (χ1v) is 15.9. The van der Waals surface area contributed by atoms with E-state index >= 15 is 4.39 Å². The number of anilines is 2. The van der Waals surface area contributed by atoms with Crippen LogP contribution in [-0.2, 0) is 9.53 Å². The van der Waals surface area contributed by atoms with E-state index in [1.54, 1.807) is 41.6 Å². The first-order valence-electron chi connectivity index (χ1n) is 15.9. The maximum absolute atomic E-state index is 15.1. The largest absolute Gasteiger partial charge is 0.444 e. The Labute approximate surface area is 275 Å². The van der Waals surface area contributed by atoms with Crippen LogP contribution in [0.15, 0.2) is 54.9 Å². The Morgan fingerprint density at radius 3 is 2.51 bits per heavy atom. The van der Waals surface area contributed by atoms with E-state index in [-0.39, 0.29) is 35.6 Å². The lowest BCUT2D eigenvalue weighted by Gasteiger charge is -2.34. The molecule has 47 heavy (non-hydrogen) atoms. The number of carbonyl (C=O) groups is 2. The van der Waals surface area contributed by atoms with Crippen molar-refractivity contribution >= 4 is 34.4 Å². The Balaban J connectivity index is 1.40. The topological polar surface area (TPSA) is 119 Å². The van der Waals surface area contributed by atoms with Gasteiger partial charge in [-0.2, -0.15) is 0 Å². The lowest BCUT2D eigenvalue weighted by atomic mass is 9.92. The van der Waals surface area contributed by atoms with Crippen molar-refractivity contribution in [3.63, 3.8) is 0 Å². The smallest absolute Gasteiger partial charge is 0.410 e. The van der Waals surface area contributed by atoms with Gasteiger partial charge in [0, 0.05) is 48.7 Å². The van der Waals surface area contributed by atoms with Gasteiger partial charge in [-0.25, -0.2) is 24.1 Å². The van der Waals surface area contributed by atoms with E-state index in [2.05, 4.69) is 20.6 Å². The summed E-state index contributed by atoms with van der Waals surface area (Å²) in [6.07, 6.45) is 4.88. The van der Waals surface area contributed by atoms with Crippen molar-refractivity contribution in [1.82, 2.24) is 19.9 Å². The maximum Gasteiger partial charge on any atom is 0.410 e. The van der Waals surface area contributed by atoms with E-state index in [4.69, 9.17) is 14.5 Å². The van der Waals surface area contributed by atoms with Gasteiger partial charge in [0.1, 0.15) is 17.2 Å². The molecular formula is C36H43FN6O4. The molecule has 0 radical (unpaired) electrons. The average Bonchev–Trinajstić information content (AvgIpc) is 2.99. The molecule has 248 valence electrons. The molecule has 1 aliphatic heterocycles. The molecule has 2 amide bonds.